The van der Waals surface area contributed by atoms with E-state index in [1.807, 2.05) is 12.1 Å². The highest BCUT2D eigenvalue weighted by Crippen LogP contribution is 2.39. The molecule has 8 heteroatoms. The topological polar surface area (TPSA) is 89.1 Å². The SMILES string of the molecule is CCOC(=O)C1=C(CN2CCc3ccccc3C2)NC(=O)N[C@@H]1c1cccc(OC)c1OC. The Hall–Kier alpha value is -3.52. The largest absolute Gasteiger partial charge is 0.493 e. The molecule has 8 nitrogen and oxygen atoms in total. The number of nitrogens with zero attached hydrogens (tertiary/aromatic N) is 1. The van der Waals surface area contributed by atoms with E-state index in [-0.39, 0.29) is 12.6 Å². The van der Waals surface area contributed by atoms with Crippen LogP contribution in [0.2, 0.25) is 0 Å². The number of methoxy groups -OCH3 is 2. The Morgan fingerprint density at radius 3 is 2.61 bits per heavy atom. The fourth-order valence-electron chi connectivity index (χ4n) is 4.48. The van der Waals surface area contributed by atoms with Gasteiger partial charge in [0.25, 0.3) is 0 Å². The summed E-state index contributed by atoms with van der Waals surface area (Å²) in [5, 5.41) is 5.73. The minimum absolute atomic E-state index is 0.225. The van der Waals surface area contributed by atoms with Gasteiger partial charge in [0.15, 0.2) is 11.5 Å². The summed E-state index contributed by atoms with van der Waals surface area (Å²) >= 11 is 0. The number of hydrogen-bond donors (Lipinski definition) is 2. The predicted molar refractivity (Wildman–Crippen MR) is 123 cm³/mol. The summed E-state index contributed by atoms with van der Waals surface area (Å²) < 4.78 is 16.4. The summed E-state index contributed by atoms with van der Waals surface area (Å²) in [4.78, 5) is 28.0. The number of nitrogens with one attached hydrogen (secondary N) is 2. The van der Waals surface area contributed by atoms with E-state index in [0.29, 0.717) is 34.9 Å². The molecule has 174 valence electrons. The van der Waals surface area contributed by atoms with Crippen LogP contribution in [0.25, 0.3) is 0 Å². The van der Waals surface area contributed by atoms with Gasteiger partial charge in [-0.05, 0) is 30.5 Å². The van der Waals surface area contributed by atoms with E-state index in [9.17, 15) is 9.59 Å². The van der Waals surface area contributed by atoms with Crippen LogP contribution in [0, 0.1) is 0 Å². The van der Waals surface area contributed by atoms with Crippen molar-refractivity contribution in [2.24, 2.45) is 0 Å². The number of amides is 2. The molecule has 0 aliphatic carbocycles. The minimum atomic E-state index is -0.741. The van der Waals surface area contributed by atoms with E-state index in [0.717, 1.165) is 19.5 Å². The Morgan fingerprint density at radius 1 is 1.09 bits per heavy atom. The maximum Gasteiger partial charge on any atom is 0.338 e. The first-order valence-corrected chi connectivity index (χ1v) is 11.0. The van der Waals surface area contributed by atoms with E-state index < -0.39 is 12.0 Å². The maximum atomic E-state index is 13.1. The van der Waals surface area contributed by atoms with E-state index >= 15 is 0 Å². The van der Waals surface area contributed by atoms with Crippen LogP contribution in [-0.2, 0) is 22.5 Å². The molecule has 0 unspecified atom stereocenters. The zero-order chi connectivity index (χ0) is 23.4. The van der Waals surface area contributed by atoms with Gasteiger partial charge in [0, 0.05) is 30.9 Å². The van der Waals surface area contributed by atoms with E-state index in [2.05, 4.69) is 33.7 Å². The molecule has 2 aromatic carbocycles. The molecule has 0 saturated carbocycles. The highest BCUT2D eigenvalue weighted by Gasteiger charge is 2.36. The number of ether oxygens (including phenoxy) is 3. The number of fused-ring (bicyclic) bond motifs is 1. The Labute approximate surface area is 193 Å². The summed E-state index contributed by atoms with van der Waals surface area (Å²) in [5.74, 6) is 0.493. The lowest BCUT2D eigenvalue weighted by atomic mass is 9.93. The van der Waals surface area contributed by atoms with E-state index in [1.54, 1.807) is 26.2 Å². The zero-order valence-electron chi connectivity index (χ0n) is 19.1. The van der Waals surface area contributed by atoms with Crippen molar-refractivity contribution >= 4 is 12.0 Å². The van der Waals surface area contributed by atoms with Gasteiger partial charge in [0.05, 0.1) is 32.4 Å². The molecule has 33 heavy (non-hydrogen) atoms. The van der Waals surface area contributed by atoms with Gasteiger partial charge in [0.2, 0.25) is 0 Å². The second-order valence-corrected chi connectivity index (χ2v) is 7.96. The Balaban J connectivity index is 1.74. The maximum absolute atomic E-state index is 13.1. The molecule has 0 spiro atoms. The number of benzene rings is 2. The average Bonchev–Trinajstić information content (AvgIpc) is 2.83. The predicted octanol–water partition coefficient (Wildman–Crippen LogP) is 2.93. The van der Waals surface area contributed by atoms with Crippen molar-refractivity contribution in [2.75, 3.05) is 33.9 Å². The molecule has 2 N–H and O–H groups in total. The number of hydrogen-bond acceptors (Lipinski definition) is 6. The quantitative estimate of drug-likeness (QED) is 0.630. The van der Waals surface area contributed by atoms with Crippen molar-refractivity contribution in [3.63, 3.8) is 0 Å². The van der Waals surface area contributed by atoms with Gasteiger partial charge in [0.1, 0.15) is 0 Å². The lowest BCUT2D eigenvalue weighted by Crippen LogP contribution is -2.49. The summed E-state index contributed by atoms with van der Waals surface area (Å²) in [5.41, 5.74) is 4.11. The lowest BCUT2D eigenvalue weighted by molar-refractivity contribution is -0.139. The van der Waals surface area contributed by atoms with Crippen LogP contribution >= 0.6 is 0 Å². The first-order chi connectivity index (χ1) is 16.0. The van der Waals surface area contributed by atoms with Crippen molar-refractivity contribution in [2.45, 2.75) is 25.9 Å². The standard InChI is InChI=1S/C25H29N3O5/c1-4-33-24(29)21-19(15-28-13-12-16-8-5-6-9-17(16)14-28)26-25(30)27-22(21)18-10-7-11-20(31-2)23(18)32-3/h5-11,22H,4,12-15H2,1-3H3,(H2,26,27,30)/t22-/m1/s1. The van der Waals surface area contributed by atoms with Crippen LogP contribution in [-0.4, -0.2) is 50.8 Å². The molecule has 1 atom stereocenters. The molecule has 4 rings (SSSR count). The average molecular weight is 452 g/mol. The van der Waals surface area contributed by atoms with Gasteiger partial charge in [-0.2, -0.15) is 0 Å². The summed E-state index contributed by atoms with van der Waals surface area (Å²) in [6.45, 7) is 3.97. The van der Waals surface area contributed by atoms with Crippen molar-refractivity contribution in [1.29, 1.82) is 0 Å². The minimum Gasteiger partial charge on any atom is -0.493 e. The Morgan fingerprint density at radius 2 is 1.88 bits per heavy atom. The first-order valence-electron chi connectivity index (χ1n) is 11.0. The zero-order valence-corrected chi connectivity index (χ0v) is 19.1. The Bertz CT molecular complexity index is 1080. The molecule has 0 bridgehead atoms. The smallest absolute Gasteiger partial charge is 0.338 e. The van der Waals surface area contributed by atoms with E-state index in [4.69, 9.17) is 14.2 Å². The third-order valence-electron chi connectivity index (χ3n) is 5.98. The Kier molecular flexibility index (Phi) is 6.84. The molecule has 0 fully saturated rings. The van der Waals surface area contributed by atoms with Crippen molar-refractivity contribution in [1.82, 2.24) is 15.5 Å². The third-order valence-corrected chi connectivity index (χ3v) is 5.98. The van der Waals surface area contributed by atoms with Gasteiger partial charge >= 0.3 is 12.0 Å². The molecule has 0 aromatic heterocycles. The number of esters is 1. The van der Waals surface area contributed by atoms with Crippen molar-refractivity contribution in [3.8, 4) is 11.5 Å². The lowest BCUT2D eigenvalue weighted by Gasteiger charge is -2.34. The molecule has 0 saturated heterocycles. The molecule has 0 radical (unpaired) electrons. The molecule has 2 aliphatic heterocycles. The summed E-state index contributed by atoms with van der Waals surface area (Å²) in [6, 6.07) is 12.6. The van der Waals surface area contributed by atoms with Crippen LogP contribution in [0.1, 0.15) is 29.7 Å². The fraction of sp³-hybridized carbons (Fsp3) is 0.360. The molecule has 2 amide bonds. The third kappa shape index (κ3) is 4.66. The normalized spacial score (nSPS) is 18.2. The van der Waals surface area contributed by atoms with Gasteiger partial charge in [-0.1, -0.05) is 36.4 Å². The highest BCUT2D eigenvalue weighted by molar-refractivity contribution is 5.95. The van der Waals surface area contributed by atoms with Crippen molar-refractivity contribution < 1.29 is 23.8 Å². The molecule has 2 heterocycles. The fourth-order valence-corrected chi connectivity index (χ4v) is 4.48. The van der Waals surface area contributed by atoms with Crippen molar-refractivity contribution in [3.05, 3.63) is 70.4 Å². The van der Waals surface area contributed by atoms with Gasteiger partial charge in [-0.15, -0.1) is 0 Å². The number of rotatable bonds is 7. The van der Waals surface area contributed by atoms with Gasteiger partial charge in [-0.25, -0.2) is 9.59 Å². The second kappa shape index (κ2) is 9.95. The number of para-hydroxylation sites is 1. The molecule has 2 aliphatic rings. The summed E-state index contributed by atoms with van der Waals surface area (Å²) in [7, 11) is 3.08. The monoisotopic (exact) mass is 451 g/mol. The molecular weight excluding hydrogens is 422 g/mol. The van der Waals surface area contributed by atoms with Crippen LogP contribution in [0.4, 0.5) is 4.79 Å². The van der Waals surface area contributed by atoms with Crippen LogP contribution < -0.4 is 20.1 Å². The number of urea groups is 1. The number of carbonyl (C=O) groups excluding carboxylic acids is 2. The second-order valence-electron chi connectivity index (χ2n) is 7.96. The van der Waals surface area contributed by atoms with Crippen LogP contribution in [0.5, 0.6) is 11.5 Å². The van der Waals surface area contributed by atoms with Gasteiger partial charge in [-0.3, -0.25) is 4.90 Å². The molecule has 2 aromatic rings. The summed E-state index contributed by atoms with van der Waals surface area (Å²) in [6.07, 6.45) is 0.914. The van der Waals surface area contributed by atoms with E-state index in [1.165, 1.54) is 18.2 Å². The van der Waals surface area contributed by atoms with Gasteiger partial charge < -0.3 is 24.8 Å². The molecular formula is C25H29N3O5. The van der Waals surface area contributed by atoms with Crippen LogP contribution in [0.15, 0.2) is 53.7 Å². The first kappa shape index (κ1) is 22.7. The van der Waals surface area contributed by atoms with Crippen LogP contribution in [0.3, 0.4) is 0 Å². The number of carbonyl (C=O) groups is 2. The highest BCUT2D eigenvalue weighted by atomic mass is 16.5.